The molecule has 13 heavy (non-hydrogen) atoms. The summed E-state index contributed by atoms with van der Waals surface area (Å²) in [4.78, 5) is 0. The van der Waals surface area contributed by atoms with Crippen LogP contribution in [0.25, 0.3) is 0 Å². The normalized spacial score (nSPS) is 9.77. The third-order valence-corrected chi connectivity index (χ3v) is 1.47. The van der Waals surface area contributed by atoms with E-state index in [1.165, 1.54) is 0 Å². The molecule has 1 rings (SSSR count). The molecule has 0 aliphatic heterocycles. The van der Waals surface area contributed by atoms with Crippen LogP contribution in [0.1, 0.15) is 19.4 Å². The van der Waals surface area contributed by atoms with Crippen molar-refractivity contribution in [2.45, 2.75) is 25.9 Å². The molecule has 0 amide bonds. The third kappa shape index (κ3) is 7.32. The van der Waals surface area contributed by atoms with Gasteiger partial charge < -0.3 is 17.5 Å². The fourth-order valence-corrected chi connectivity index (χ4v) is 1.09. The fourth-order valence-electron chi connectivity index (χ4n) is 1.09. The predicted octanol–water partition coefficient (Wildman–Crippen LogP) is -2.01. The van der Waals surface area contributed by atoms with Crippen molar-refractivity contribution in [3.05, 3.63) is 35.9 Å². The summed E-state index contributed by atoms with van der Waals surface area (Å²) in [5, 5.41) is 11.3. The van der Waals surface area contributed by atoms with Crippen molar-refractivity contribution in [1.29, 1.82) is 0 Å². The van der Waals surface area contributed by atoms with E-state index in [9.17, 15) is 5.11 Å². The van der Waals surface area contributed by atoms with Crippen LogP contribution in [0, 0.1) is 0 Å². The standard InChI is InChI=1S/C10H13O.ClH.Mg/c1-10(2,11)8-9-6-4-3-5-7-9;;/h3-7H,8H2,1-2H3;1H;/q-1;;+2/p-1. The van der Waals surface area contributed by atoms with Gasteiger partial charge in [0.25, 0.3) is 0 Å². The van der Waals surface area contributed by atoms with E-state index >= 15 is 0 Å². The summed E-state index contributed by atoms with van der Waals surface area (Å²) in [6.07, 6.45) is 0.605. The zero-order chi connectivity index (χ0) is 8.32. The zero-order valence-electron chi connectivity index (χ0n) is 8.09. The van der Waals surface area contributed by atoms with Crippen LogP contribution in [0.2, 0.25) is 0 Å². The molecule has 0 bridgehead atoms. The molecule has 0 atom stereocenters. The molecule has 1 aromatic rings. The predicted molar refractivity (Wildman–Crippen MR) is 50.0 cm³/mol. The van der Waals surface area contributed by atoms with E-state index in [0.29, 0.717) is 6.42 Å². The average Bonchev–Trinajstić information content (AvgIpc) is 1.85. The number of hydrogen-bond acceptors (Lipinski definition) is 1. The van der Waals surface area contributed by atoms with Gasteiger partial charge in [-0.3, -0.25) is 0 Å². The number of hydrogen-bond donors (Lipinski definition) is 0. The average molecular weight is 209 g/mol. The molecule has 0 aliphatic carbocycles. The Morgan fingerprint density at radius 3 is 2.00 bits per heavy atom. The summed E-state index contributed by atoms with van der Waals surface area (Å²) in [6.45, 7) is 3.42. The van der Waals surface area contributed by atoms with Crippen molar-refractivity contribution in [3.8, 4) is 0 Å². The van der Waals surface area contributed by atoms with Crippen LogP contribution < -0.4 is 17.5 Å². The smallest absolute Gasteiger partial charge is 1.00 e. The van der Waals surface area contributed by atoms with Gasteiger partial charge in [0.05, 0.1) is 0 Å². The van der Waals surface area contributed by atoms with E-state index in [-0.39, 0.29) is 35.5 Å². The van der Waals surface area contributed by atoms with E-state index in [0.717, 1.165) is 5.56 Å². The number of rotatable bonds is 2. The Balaban J connectivity index is 0. The monoisotopic (exact) mass is 208 g/mol. The van der Waals surface area contributed by atoms with Gasteiger partial charge >= 0.3 is 23.1 Å². The zero-order valence-corrected chi connectivity index (χ0v) is 10.3. The summed E-state index contributed by atoms with van der Waals surface area (Å²) < 4.78 is 0. The molecule has 0 unspecified atom stereocenters. The maximum absolute atomic E-state index is 11.3. The molecular weight excluding hydrogens is 196 g/mol. The van der Waals surface area contributed by atoms with Crippen molar-refractivity contribution in [3.63, 3.8) is 0 Å². The first-order valence-corrected chi connectivity index (χ1v) is 3.82. The Morgan fingerprint density at radius 1 is 1.15 bits per heavy atom. The second-order valence-corrected chi connectivity index (χ2v) is 3.42. The molecule has 0 saturated carbocycles. The van der Waals surface area contributed by atoms with Gasteiger partial charge in [-0.2, -0.15) is 0 Å². The van der Waals surface area contributed by atoms with E-state index in [1.807, 2.05) is 30.3 Å². The van der Waals surface area contributed by atoms with Crippen LogP contribution in [0.15, 0.2) is 30.3 Å². The summed E-state index contributed by atoms with van der Waals surface area (Å²) in [6, 6.07) is 9.85. The first-order chi connectivity index (χ1) is 5.08. The van der Waals surface area contributed by atoms with Crippen molar-refractivity contribution in [2.75, 3.05) is 0 Å². The summed E-state index contributed by atoms with van der Waals surface area (Å²) in [5.74, 6) is 0. The Labute approximate surface area is 102 Å². The van der Waals surface area contributed by atoms with Gasteiger partial charge in [0.2, 0.25) is 0 Å². The van der Waals surface area contributed by atoms with Crippen molar-refractivity contribution in [2.24, 2.45) is 0 Å². The van der Waals surface area contributed by atoms with Gasteiger partial charge in [-0.25, -0.2) is 0 Å². The van der Waals surface area contributed by atoms with Crippen LogP contribution in [0.4, 0.5) is 0 Å². The molecular formula is C10H13ClMgO. The number of halogens is 1. The molecule has 0 spiro atoms. The Bertz CT molecular complexity index is 218. The minimum atomic E-state index is -0.846. The van der Waals surface area contributed by atoms with Crippen LogP contribution >= 0.6 is 0 Å². The van der Waals surface area contributed by atoms with Crippen molar-refractivity contribution in [1.82, 2.24) is 0 Å². The van der Waals surface area contributed by atoms with E-state index < -0.39 is 5.60 Å². The van der Waals surface area contributed by atoms with Crippen LogP contribution in [0.3, 0.4) is 0 Å². The molecule has 0 aromatic heterocycles. The topological polar surface area (TPSA) is 23.1 Å². The molecule has 1 nitrogen and oxygen atoms in total. The molecule has 0 heterocycles. The maximum Gasteiger partial charge on any atom is 2.00 e. The second-order valence-electron chi connectivity index (χ2n) is 3.42. The third-order valence-electron chi connectivity index (χ3n) is 1.47. The molecule has 0 radical (unpaired) electrons. The Hall–Kier alpha value is 0.236. The SMILES string of the molecule is CC(C)([O-])Cc1ccccc1.[Cl-].[Mg+2]. The van der Waals surface area contributed by atoms with Gasteiger partial charge in [-0.05, 0) is 12.0 Å². The van der Waals surface area contributed by atoms with Crippen molar-refractivity contribution >= 4 is 23.1 Å². The molecule has 1 aromatic carbocycles. The molecule has 0 aliphatic rings. The van der Waals surface area contributed by atoms with Crippen molar-refractivity contribution < 1.29 is 17.5 Å². The van der Waals surface area contributed by atoms with Crippen LogP contribution in [-0.4, -0.2) is 28.7 Å². The maximum atomic E-state index is 11.3. The molecule has 68 valence electrons. The Morgan fingerprint density at radius 2 is 1.62 bits per heavy atom. The summed E-state index contributed by atoms with van der Waals surface area (Å²) >= 11 is 0. The van der Waals surface area contributed by atoms with Gasteiger partial charge in [-0.15, -0.1) is 5.60 Å². The second kappa shape index (κ2) is 6.65. The van der Waals surface area contributed by atoms with Gasteiger partial charge in [0, 0.05) is 0 Å². The van der Waals surface area contributed by atoms with Gasteiger partial charge in [-0.1, -0.05) is 44.2 Å². The summed E-state index contributed by atoms with van der Waals surface area (Å²) in [5.41, 5.74) is 0.272. The van der Waals surface area contributed by atoms with E-state index in [2.05, 4.69) is 0 Å². The summed E-state index contributed by atoms with van der Waals surface area (Å²) in [7, 11) is 0. The van der Waals surface area contributed by atoms with E-state index in [4.69, 9.17) is 0 Å². The molecule has 3 heteroatoms. The van der Waals surface area contributed by atoms with Gasteiger partial charge in [0.1, 0.15) is 0 Å². The van der Waals surface area contributed by atoms with Gasteiger partial charge in [0.15, 0.2) is 0 Å². The minimum absolute atomic E-state index is 0. The minimum Gasteiger partial charge on any atom is -1.00 e. The first-order valence-electron chi connectivity index (χ1n) is 3.82. The molecule has 0 N–H and O–H groups in total. The van der Waals surface area contributed by atoms with E-state index in [1.54, 1.807) is 13.8 Å². The quantitative estimate of drug-likeness (QED) is 0.516. The largest absolute Gasteiger partial charge is 2.00 e. The number of benzene rings is 1. The fraction of sp³-hybridized carbons (Fsp3) is 0.400. The molecule has 0 fully saturated rings. The molecule has 0 saturated heterocycles. The van der Waals surface area contributed by atoms with Crippen LogP contribution in [0.5, 0.6) is 0 Å². The van der Waals surface area contributed by atoms with Crippen LogP contribution in [-0.2, 0) is 6.42 Å². The Kier molecular flexibility index (Phi) is 8.04. The first kappa shape index (κ1) is 15.7.